The molecule has 0 atom stereocenters. The number of aryl methyl sites for hydroxylation is 2. The Morgan fingerprint density at radius 1 is 1.38 bits per heavy atom. The predicted molar refractivity (Wildman–Crippen MR) is 86.4 cm³/mol. The number of rotatable bonds is 6. The van der Waals surface area contributed by atoms with Gasteiger partial charge < -0.3 is 10.1 Å². The topological polar surface area (TPSA) is 51.2 Å². The number of nitrogens with one attached hydrogen (secondary N) is 1. The van der Waals surface area contributed by atoms with Gasteiger partial charge >= 0.3 is 0 Å². The molecule has 1 aromatic heterocycles. The number of thiazole rings is 1. The fraction of sp³-hybridized carbons (Fsp3) is 0.333. The number of amides is 1. The zero-order valence-electron chi connectivity index (χ0n) is 12.0. The van der Waals surface area contributed by atoms with E-state index in [2.05, 4.69) is 10.3 Å². The number of carbonyl (C=O) groups excluding carboxylic acids is 1. The van der Waals surface area contributed by atoms with Crippen LogP contribution in [0.1, 0.15) is 24.0 Å². The van der Waals surface area contributed by atoms with Gasteiger partial charge in [0.15, 0.2) is 5.13 Å². The molecule has 0 fully saturated rings. The molecule has 112 valence electrons. The van der Waals surface area contributed by atoms with Crippen LogP contribution < -0.4 is 10.1 Å². The maximum atomic E-state index is 11.7. The van der Waals surface area contributed by atoms with Gasteiger partial charge in [0.05, 0.1) is 6.61 Å². The molecular weight excluding hydrogens is 308 g/mol. The number of hydrogen-bond donors (Lipinski definition) is 1. The highest BCUT2D eigenvalue weighted by molar-refractivity contribution is 7.13. The van der Waals surface area contributed by atoms with Gasteiger partial charge in [0.2, 0.25) is 5.91 Å². The Kier molecular flexibility index (Phi) is 5.59. The number of hydrogen-bond acceptors (Lipinski definition) is 4. The molecule has 0 aliphatic carbocycles. The van der Waals surface area contributed by atoms with Crippen molar-refractivity contribution in [2.45, 2.75) is 26.7 Å². The molecule has 0 spiro atoms. The summed E-state index contributed by atoms with van der Waals surface area (Å²) in [5, 5.41) is 5.96. The first-order valence-electron chi connectivity index (χ1n) is 6.65. The first-order valence-corrected chi connectivity index (χ1v) is 7.91. The van der Waals surface area contributed by atoms with Crippen molar-refractivity contribution in [3.8, 4) is 5.75 Å². The number of ether oxygens (including phenoxy) is 1. The van der Waals surface area contributed by atoms with E-state index in [9.17, 15) is 4.79 Å². The summed E-state index contributed by atoms with van der Waals surface area (Å²) >= 11 is 7.51. The summed E-state index contributed by atoms with van der Waals surface area (Å²) in [4.78, 5) is 15.7. The van der Waals surface area contributed by atoms with Crippen LogP contribution in [0.15, 0.2) is 23.7 Å². The molecule has 1 amide bonds. The molecule has 2 aromatic rings. The molecule has 6 heteroatoms. The molecule has 0 aliphatic rings. The molecule has 21 heavy (non-hydrogen) atoms. The van der Waals surface area contributed by atoms with Gasteiger partial charge in [-0.2, -0.15) is 0 Å². The molecule has 0 aliphatic heterocycles. The summed E-state index contributed by atoms with van der Waals surface area (Å²) in [6.07, 6.45) is 2.72. The van der Waals surface area contributed by atoms with Crippen LogP contribution in [0.5, 0.6) is 5.75 Å². The summed E-state index contributed by atoms with van der Waals surface area (Å²) in [5.74, 6) is 0.742. The third-order valence-electron chi connectivity index (χ3n) is 2.91. The van der Waals surface area contributed by atoms with E-state index in [1.807, 2.05) is 31.4 Å². The van der Waals surface area contributed by atoms with E-state index in [0.29, 0.717) is 24.6 Å². The van der Waals surface area contributed by atoms with Gasteiger partial charge in [0.1, 0.15) is 5.75 Å². The lowest BCUT2D eigenvalue weighted by molar-refractivity contribution is -0.116. The maximum absolute atomic E-state index is 11.7. The highest BCUT2D eigenvalue weighted by atomic mass is 35.5. The lowest BCUT2D eigenvalue weighted by Crippen LogP contribution is -2.12. The lowest BCUT2D eigenvalue weighted by Gasteiger charge is -2.09. The van der Waals surface area contributed by atoms with Crippen molar-refractivity contribution in [3.63, 3.8) is 0 Å². The van der Waals surface area contributed by atoms with Crippen molar-refractivity contribution in [2.75, 3.05) is 11.9 Å². The molecule has 0 saturated carbocycles. The van der Waals surface area contributed by atoms with E-state index in [-0.39, 0.29) is 5.91 Å². The molecule has 2 rings (SSSR count). The van der Waals surface area contributed by atoms with Crippen molar-refractivity contribution in [2.24, 2.45) is 0 Å². The van der Waals surface area contributed by atoms with Crippen molar-refractivity contribution < 1.29 is 9.53 Å². The van der Waals surface area contributed by atoms with Crippen molar-refractivity contribution >= 4 is 34.0 Å². The number of carbonyl (C=O) groups is 1. The number of aromatic nitrogens is 1. The van der Waals surface area contributed by atoms with E-state index >= 15 is 0 Å². The quantitative estimate of drug-likeness (QED) is 0.810. The minimum Gasteiger partial charge on any atom is -0.494 e. The fourth-order valence-corrected chi connectivity index (χ4v) is 2.53. The zero-order valence-corrected chi connectivity index (χ0v) is 13.6. The van der Waals surface area contributed by atoms with Crippen LogP contribution in [0.2, 0.25) is 5.02 Å². The van der Waals surface area contributed by atoms with E-state index in [4.69, 9.17) is 16.3 Å². The van der Waals surface area contributed by atoms with Crippen molar-refractivity contribution in [3.05, 3.63) is 39.9 Å². The third-order valence-corrected chi connectivity index (χ3v) is 4.19. The predicted octanol–water partition coefficient (Wildman–Crippen LogP) is 4.21. The number of halogens is 1. The minimum atomic E-state index is -0.0444. The van der Waals surface area contributed by atoms with Crippen LogP contribution in [0, 0.1) is 13.8 Å². The van der Waals surface area contributed by atoms with E-state index < -0.39 is 0 Å². The summed E-state index contributed by atoms with van der Waals surface area (Å²) in [6, 6.07) is 3.82. The van der Waals surface area contributed by atoms with Crippen molar-refractivity contribution in [1.82, 2.24) is 4.98 Å². The molecule has 0 radical (unpaired) electrons. The average molecular weight is 325 g/mol. The Morgan fingerprint density at radius 3 is 2.71 bits per heavy atom. The first-order chi connectivity index (χ1) is 10.1. The summed E-state index contributed by atoms with van der Waals surface area (Å²) in [6.45, 7) is 4.39. The molecular formula is C15H17ClN2O2S. The average Bonchev–Trinajstić information content (AvgIpc) is 2.93. The lowest BCUT2D eigenvalue weighted by atomic mass is 10.1. The second kappa shape index (κ2) is 7.43. The third kappa shape index (κ3) is 4.72. The SMILES string of the molecule is Cc1cc(OCCCC(=O)Nc2nccs2)cc(C)c1Cl. The van der Waals surface area contributed by atoms with E-state index in [1.54, 1.807) is 6.20 Å². The number of anilines is 1. The van der Waals surface area contributed by atoms with Crippen LogP contribution in [0.25, 0.3) is 0 Å². The first kappa shape index (κ1) is 15.8. The van der Waals surface area contributed by atoms with Crippen LogP contribution in [0.4, 0.5) is 5.13 Å². The molecule has 4 nitrogen and oxygen atoms in total. The molecule has 0 bridgehead atoms. The van der Waals surface area contributed by atoms with Gasteiger partial charge in [-0.25, -0.2) is 4.98 Å². The summed E-state index contributed by atoms with van der Waals surface area (Å²) < 4.78 is 5.66. The second-order valence-corrected chi connectivity index (χ2v) is 5.98. The van der Waals surface area contributed by atoms with Gasteiger partial charge in [-0.05, 0) is 43.5 Å². The van der Waals surface area contributed by atoms with Crippen LogP contribution in [-0.4, -0.2) is 17.5 Å². The highest BCUT2D eigenvalue weighted by Gasteiger charge is 2.06. The zero-order chi connectivity index (χ0) is 15.2. The Morgan fingerprint density at radius 2 is 2.10 bits per heavy atom. The molecule has 0 saturated heterocycles. The van der Waals surface area contributed by atoms with Gasteiger partial charge in [-0.1, -0.05) is 11.6 Å². The van der Waals surface area contributed by atoms with Crippen LogP contribution in [-0.2, 0) is 4.79 Å². The highest BCUT2D eigenvalue weighted by Crippen LogP contribution is 2.25. The standard InChI is InChI=1S/C15H17ClN2O2S/c1-10-8-12(9-11(2)14(10)16)20-6-3-4-13(19)18-15-17-5-7-21-15/h5,7-9H,3-4,6H2,1-2H3,(H,17,18,19). The van der Waals surface area contributed by atoms with Crippen molar-refractivity contribution in [1.29, 1.82) is 0 Å². The molecule has 0 unspecified atom stereocenters. The second-order valence-electron chi connectivity index (χ2n) is 4.71. The Hall–Kier alpha value is -1.59. The maximum Gasteiger partial charge on any atom is 0.226 e. The number of benzene rings is 1. The normalized spacial score (nSPS) is 10.4. The van der Waals surface area contributed by atoms with Gasteiger partial charge in [-0.15, -0.1) is 11.3 Å². The van der Waals surface area contributed by atoms with E-state index in [1.165, 1.54) is 11.3 Å². The summed E-state index contributed by atoms with van der Waals surface area (Å²) in [5.41, 5.74) is 1.99. The number of nitrogens with zero attached hydrogens (tertiary/aromatic N) is 1. The Balaban J connectivity index is 1.73. The van der Waals surface area contributed by atoms with Gasteiger partial charge in [0, 0.05) is 23.0 Å². The molecule has 1 aromatic carbocycles. The van der Waals surface area contributed by atoms with Gasteiger partial charge in [-0.3, -0.25) is 4.79 Å². The van der Waals surface area contributed by atoms with Crippen LogP contribution >= 0.6 is 22.9 Å². The van der Waals surface area contributed by atoms with Gasteiger partial charge in [0.25, 0.3) is 0 Å². The monoisotopic (exact) mass is 324 g/mol. The smallest absolute Gasteiger partial charge is 0.226 e. The Labute approximate surface area is 133 Å². The molecule has 1 N–H and O–H groups in total. The fourth-order valence-electron chi connectivity index (χ4n) is 1.88. The van der Waals surface area contributed by atoms with E-state index in [0.717, 1.165) is 21.9 Å². The minimum absolute atomic E-state index is 0.0444. The summed E-state index contributed by atoms with van der Waals surface area (Å²) in [7, 11) is 0. The molecule has 1 heterocycles. The largest absolute Gasteiger partial charge is 0.494 e. The Bertz CT molecular complexity index is 591. The van der Waals surface area contributed by atoms with Crippen LogP contribution in [0.3, 0.4) is 0 Å².